The SMILES string of the molecule is CCC1Cc2ccc(OCCCN=c3ccccn3O)cc2CN(CC(F)(F)F)C1=O. The Hall–Kier alpha value is -2.97. The third kappa shape index (κ3) is 6.26. The lowest BCUT2D eigenvalue weighted by atomic mass is 9.95. The van der Waals surface area contributed by atoms with Gasteiger partial charge in [0.1, 0.15) is 12.3 Å². The van der Waals surface area contributed by atoms with Crippen molar-refractivity contribution >= 4 is 5.91 Å². The van der Waals surface area contributed by atoms with Crippen LogP contribution in [0.2, 0.25) is 0 Å². The zero-order valence-corrected chi connectivity index (χ0v) is 17.3. The summed E-state index contributed by atoms with van der Waals surface area (Å²) in [7, 11) is 0. The van der Waals surface area contributed by atoms with Crippen molar-refractivity contribution in [3.05, 3.63) is 59.2 Å². The van der Waals surface area contributed by atoms with Gasteiger partial charge in [-0.05, 0) is 48.2 Å². The number of alkyl halides is 3. The highest BCUT2D eigenvalue weighted by Gasteiger charge is 2.37. The smallest absolute Gasteiger partial charge is 0.406 e. The fourth-order valence-electron chi connectivity index (χ4n) is 3.60. The van der Waals surface area contributed by atoms with E-state index in [1.54, 1.807) is 30.3 Å². The second kappa shape index (κ2) is 9.89. The average Bonchev–Trinajstić information content (AvgIpc) is 2.84. The number of nitrogens with zero attached hydrogens (tertiary/aromatic N) is 3. The van der Waals surface area contributed by atoms with Crippen molar-refractivity contribution in [2.45, 2.75) is 38.9 Å². The minimum atomic E-state index is -4.44. The summed E-state index contributed by atoms with van der Waals surface area (Å²) >= 11 is 0. The van der Waals surface area contributed by atoms with Crippen LogP contribution in [0.3, 0.4) is 0 Å². The van der Waals surface area contributed by atoms with Crippen molar-refractivity contribution in [2.24, 2.45) is 10.9 Å². The van der Waals surface area contributed by atoms with Crippen molar-refractivity contribution in [1.29, 1.82) is 0 Å². The molecule has 0 spiro atoms. The Kier molecular flexibility index (Phi) is 7.25. The predicted molar refractivity (Wildman–Crippen MR) is 108 cm³/mol. The molecule has 3 rings (SSSR count). The van der Waals surface area contributed by atoms with E-state index in [-0.39, 0.29) is 6.54 Å². The van der Waals surface area contributed by atoms with Crippen LogP contribution in [0.15, 0.2) is 47.6 Å². The molecular formula is C22H26F3N3O3. The molecule has 0 saturated heterocycles. The Morgan fingerprint density at radius 2 is 2.03 bits per heavy atom. The molecule has 0 bridgehead atoms. The van der Waals surface area contributed by atoms with Crippen LogP contribution in [0.25, 0.3) is 0 Å². The third-order valence-electron chi connectivity index (χ3n) is 5.19. The summed E-state index contributed by atoms with van der Waals surface area (Å²) in [5.74, 6) is -0.364. The van der Waals surface area contributed by atoms with Gasteiger partial charge in [0.05, 0.1) is 6.61 Å². The first-order chi connectivity index (χ1) is 14.8. The van der Waals surface area contributed by atoms with E-state index in [9.17, 15) is 23.2 Å². The van der Waals surface area contributed by atoms with Gasteiger partial charge in [-0.25, -0.2) is 0 Å². The largest absolute Gasteiger partial charge is 0.494 e. The van der Waals surface area contributed by atoms with E-state index in [2.05, 4.69) is 4.99 Å². The summed E-state index contributed by atoms with van der Waals surface area (Å²) in [6.45, 7) is 1.29. The fraction of sp³-hybridized carbons (Fsp3) is 0.455. The summed E-state index contributed by atoms with van der Waals surface area (Å²) in [6.07, 6.45) is -1.44. The van der Waals surface area contributed by atoms with E-state index in [0.29, 0.717) is 49.2 Å². The lowest BCUT2D eigenvalue weighted by molar-refractivity contribution is -0.164. The summed E-state index contributed by atoms with van der Waals surface area (Å²) in [5, 5.41) is 9.62. The van der Waals surface area contributed by atoms with Crippen molar-refractivity contribution in [1.82, 2.24) is 9.63 Å². The van der Waals surface area contributed by atoms with Crippen molar-refractivity contribution in [3.8, 4) is 5.75 Å². The molecule has 9 heteroatoms. The van der Waals surface area contributed by atoms with Crippen LogP contribution < -0.4 is 10.2 Å². The number of amides is 1. The van der Waals surface area contributed by atoms with E-state index < -0.39 is 24.5 Å². The molecule has 0 aliphatic carbocycles. The minimum Gasteiger partial charge on any atom is -0.494 e. The Bertz CT molecular complexity index is 972. The van der Waals surface area contributed by atoms with Crippen LogP contribution >= 0.6 is 0 Å². The molecule has 31 heavy (non-hydrogen) atoms. The van der Waals surface area contributed by atoms with Crippen molar-refractivity contribution < 1.29 is 27.9 Å². The molecule has 1 atom stereocenters. The van der Waals surface area contributed by atoms with E-state index in [1.807, 2.05) is 13.0 Å². The number of hydrogen-bond donors (Lipinski definition) is 1. The maximum absolute atomic E-state index is 13.0. The Labute approximate surface area is 178 Å². The van der Waals surface area contributed by atoms with Gasteiger partial charge in [-0.3, -0.25) is 9.79 Å². The van der Waals surface area contributed by atoms with E-state index in [4.69, 9.17) is 4.74 Å². The number of pyridine rings is 1. The maximum atomic E-state index is 13.0. The number of carbonyl (C=O) groups is 1. The van der Waals surface area contributed by atoms with Gasteiger partial charge >= 0.3 is 6.18 Å². The normalized spacial score (nSPS) is 17.4. The van der Waals surface area contributed by atoms with Gasteiger partial charge in [-0.15, -0.1) is 0 Å². The first kappa shape index (κ1) is 22.7. The van der Waals surface area contributed by atoms with E-state index in [0.717, 1.165) is 15.2 Å². The monoisotopic (exact) mass is 437 g/mol. The molecule has 0 saturated carbocycles. The molecule has 168 valence electrons. The Morgan fingerprint density at radius 3 is 2.74 bits per heavy atom. The number of halogens is 3. The average molecular weight is 437 g/mol. The van der Waals surface area contributed by atoms with Crippen LogP contribution in [0.1, 0.15) is 30.9 Å². The summed E-state index contributed by atoms with van der Waals surface area (Å²) in [6, 6.07) is 10.5. The highest BCUT2D eigenvalue weighted by atomic mass is 19.4. The zero-order valence-electron chi connectivity index (χ0n) is 17.3. The number of hydrogen-bond acceptors (Lipinski definition) is 4. The van der Waals surface area contributed by atoms with Gasteiger partial charge in [-0.2, -0.15) is 17.9 Å². The number of ether oxygens (including phenoxy) is 1. The van der Waals surface area contributed by atoms with Crippen LogP contribution in [0, 0.1) is 5.92 Å². The predicted octanol–water partition coefficient (Wildman–Crippen LogP) is 3.57. The van der Waals surface area contributed by atoms with Gasteiger partial charge < -0.3 is 14.8 Å². The van der Waals surface area contributed by atoms with Crippen molar-refractivity contribution in [3.63, 3.8) is 0 Å². The number of fused-ring (bicyclic) bond motifs is 1. The summed E-state index contributed by atoms with van der Waals surface area (Å²) in [4.78, 5) is 17.7. The van der Waals surface area contributed by atoms with Crippen LogP contribution in [0.4, 0.5) is 13.2 Å². The number of rotatable bonds is 7. The molecule has 6 nitrogen and oxygen atoms in total. The van der Waals surface area contributed by atoms with Gasteiger partial charge in [-0.1, -0.05) is 19.1 Å². The molecule has 2 heterocycles. The lowest BCUT2D eigenvalue weighted by Gasteiger charge is -2.25. The molecule has 1 amide bonds. The summed E-state index contributed by atoms with van der Waals surface area (Å²) in [5.41, 5.74) is 2.00. The van der Waals surface area contributed by atoms with E-state index >= 15 is 0 Å². The molecule has 1 unspecified atom stereocenters. The molecule has 1 aliphatic rings. The molecular weight excluding hydrogens is 411 g/mol. The van der Waals surface area contributed by atoms with E-state index in [1.165, 1.54) is 6.20 Å². The van der Waals surface area contributed by atoms with Crippen LogP contribution in [-0.4, -0.2) is 46.6 Å². The molecule has 0 radical (unpaired) electrons. The van der Waals surface area contributed by atoms with Gasteiger partial charge in [0, 0.05) is 31.6 Å². The minimum absolute atomic E-state index is 0.0821. The van der Waals surface area contributed by atoms with Gasteiger partial charge in [0.2, 0.25) is 5.91 Å². The van der Waals surface area contributed by atoms with Crippen LogP contribution in [-0.2, 0) is 17.8 Å². The number of carbonyl (C=O) groups excluding carboxylic acids is 1. The molecule has 1 aromatic heterocycles. The molecule has 0 fully saturated rings. The second-order valence-electron chi connectivity index (χ2n) is 7.54. The summed E-state index contributed by atoms with van der Waals surface area (Å²) < 4.78 is 45.6. The fourth-order valence-corrected chi connectivity index (χ4v) is 3.60. The highest BCUT2D eigenvalue weighted by molar-refractivity contribution is 5.80. The molecule has 1 aromatic carbocycles. The zero-order chi connectivity index (χ0) is 22.4. The Morgan fingerprint density at radius 1 is 1.23 bits per heavy atom. The lowest BCUT2D eigenvalue weighted by Crippen LogP contribution is -2.40. The first-order valence-corrected chi connectivity index (χ1v) is 10.2. The first-order valence-electron chi connectivity index (χ1n) is 10.2. The second-order valence-corrected chi connectivity index (χ2v) is 7.54. The van der Waals surface area contributed by atoms with Gasteiger partial charge in [0.25, 0.3) is 0 Å². The number of aromatic nitrogens is 1. The van der Waals surface area contributed by atoms with Crippen molar-refractivity contribution in [2.75, 3.05) is 19.7 Å². The van der Waals surface area contributed by atoms with Gasteiger partial charge in [0.15, 0.2) is 5.49 Å². The standard InChI is InChI=1S/C22H26F3N3O3/c1-2-16-12-17-7-8-19(13-18(17)14-27(21(16)29)15-22(23,24)25)31-11-5-9-26-20-6-3-4-10-28(20)30/h3-4,6-8,10,13,16,30H,2,5,9,11-12,14-15H2,1H3. The third-order valence-corrected chi connectivity index (χ3v) is 5.19. The number of benzene rings is 1. The Balaban J connectivity index is 1.65. The quantitative estimate of drug-likeness (QED) is 0.532. The molecule has 1 aliphatic heterocycles. The molecule has 1 N–H and O–H groups in total. The molecule has 2 aromatic rings. The van der Waals surface area contributed by atoms with Crippen LogP contribution in [0.5, 0.6) is 5.75 Å². The maximum Gasteiger partial charge on any atom is 0.406 e. The highest BCUT2D eigenvalue weighted by Crippen LogP contribution is 2.30. The topological polar surface area (TPSA) is 67.1 Å².